The molecule has 3 heteroatoms. The number of rotatable bonds is 0. The highest BCUT2D eigenvalue weighted by Gasteiger charge is 2.01. The molecule has 0 bridgehead atoms. The minimum Gasteiger partial charge on any atom is -0.375 e. The van der Waals surface area contributed by atoms with Crippen molar-refractivity contribution in [3.8, 4) is 0 Å². The van der Waals surface area contributed by atoms with Gasteiger partial charge >= 0.3 is 0 Å². The van der Waals surface area contributed by atoms with Gasteiger partial charge in [0.1, 0.15) is 5.84 Å². The molecule has 0 aromatic carbocycles. The summed E-state index contributed by atoms with van der Waals surface area (Å²) in [6.45, 7) is 0.857. The average Bonchev–Trinajstić information content (AvgIpc) is 2.14. The summed E-state index contributed by atoms with van der Waals surface area (Å²) in [7, 11) is 1.86. The van der Waals surface area contributed by atoms with Crippen molar-refractivity contribution in [2.45, 2.75) is 6.42 Å². The molecule has 1 heterocycles. The number of hydrogen-bond acceptors (Lipinski definition) is 2. The third-order valence-corrected chi connectivity index (χ3v) is 0.929. The summed E-state index contributed by atoms with van der Waals surface area (Å²) < 4.78 is 0. The molecule has 3 nitrogen and oxygen atoms in total. The van der Waals surface area contributed by atoms with E-state index in [9.17, 15) is 0 Å². The maximum atomic E-state index is 3.78. The first-order valence-electron chi connectivity index (χ1n) is 2.34. The first-order chi connectivity index (χ1) is 3.43. The third-order valence-electron chi connectivity index (χ3n) is 0.929. The molecule has 1 rings (SSSR count). The lowest BCUT2D eigenvalue weighted by Gasteiger charge is -1.89. The van der Waals surface area contributed by atoms with E-state index in [1.165, 1.54) is 0 Å². The highest BCUT2D eigenvalue weighted by molar-refractivity contribution is 5.82. The predicted molar refractivity (Wildman–Crippen MR) is 28.1 cm³/mol. The molecule has 39 valence electrons. The Labute approximate surface area is 42.8 Å². The Morgan fingerprint density at radius 1 is 1.71 bits per heavy atom. The summed E-state index contributed by atoms with van der Waals surface area (Å²) in [5, 5.41) is 6.70. The van der Waals surface area contributed by atoms with E-state index in [2.05, 4.69) is 15.8 Å². The van der Waals surface area contributed by atoms with E-state index < -0.39 is 0 Å². The van der Waals surface area contributed by atoms with Crippen LogP contribution < -0.4 is 10.7 Å². The maximum absolute atomic E-state index is 3.78. The summed E-state index contributed by atoms with van der Waals surface area (Å²) in [5.74, 6) is 1.00. The average molecular weight is 98.1 g/mol. The Kier molecular flexibility index (Phi) is 1.15. The molecule has 0 unspecified atom stereocenters. The van der Waals surface area contributed by atoms with Crippen LogP contribution in [-0.2, 0) is 0 Å². The molecule has 0 spiro atoms. The molecule has 0 atom stereocenters. The van der Waals surface area contributed by atoms with Gasteiger partial charge in [-0.2, -0.15) is 5.43 Å². The molecule has 0 aromatic rings. The van der Waals surface area contributed by atoms with Crippen molar-refractivity contribution in [2.24, 2.45) is 5.10 Å². The van der Waals surface area contributed by atoms with Crippen molar-refractivity contribution in [2.75, 3.05) is 13.6 Å². The normalized spacial score (nSPS) is 18.1. The van der Waals surface area contributed by atoms with Gasteiger partial charge in [-0.15, -0.1) is 5.10 Å². The zero-order valence-corrected chi connectivity index (χ0v) is 4.31. The molecule has 0 saturated carbocycles. The Bertz CT molecular complexity index is 86.9. The number of nitrogens with one attached hydrogen (secondary N) is 1. The van der Waals surface area contributed by atoms with Crippen LogP contribution in [0.4, 0.5) is 0 Å². The van der Waals surface area contributed by atoms with Gasteiger partial charge in [0.05, 0.1) is 6.54 Å². The predicted octanol–water partition coefficient (Wildman–Crippen LogP) is -0.473. The molecule has 0 amide bonds. The molecule has 0 saturated heterocycles. The van der Waals surface area contributed by atoms with Crippen molar-refractivity contribution >= 4 is 5.84 Å². The smallest absolute Gasteiger partial charge is 0.126 e. The van der Waals surface area contributed by atoms with Crippen LogP contribution in [-0.4, -0.2) is 19.4 Å². The molecule has 1 aliphatic rings. The molecule has 0 aromatic heterocycles. The van der Waals surface area contributed by atoms with E-state index in [4.69, 9.17) is 0 Å². The van der Waals surface area contributed by atoms with E-state index in [-0.39, 0.29) is 0 Å². The maximum Gasteiger partial charge on any atom is 0.126 e. The summed E-state index contributed by atoms with van der Waals surface area (Å²) in [4.78, 5) is 0. The van der Waals surface area contributed by atoms with Crippen molar-refractivity contribution in [3.63, 3.8) is 0 Å². The summed E-state index contributed by atoms with van der Waals surface area (Å²) in [5.41, 5.74) is 3.76. The molecular weight excluding hydrogens is 90.1 g/mol. The van der Waals surface area contributed by atoms with Crippen LogP contribution in [0, 0.1) is 0 Å². The largest absolute Gasteiger partial charge is 0.375 e. The monoisotopic (exact) mass is 98.1 g/mol. The minimum atomic E-state index is 0.857. The van der Waals surface area contributed by atoms with Gasteiger partial charge in [0.2, 0.25) is 0 Å². The zero-order chi connectivity index (χ0) is 5.11. The first-order valence-corrected chi connectivity index (χ1v) is 2.34. The molecule has 7 heavy (non-hydrogen) atoms. The Hall–Kier alpha value is -0.730. The van der Waals surface area contributed by atoms with Crippen LogP contribution in [0.2, 0.25) is 0 Å². The molecule has 1 aliphatic heterocycles. The fraction of sp³-hybridized carbons (Fsp3) is 0.750. The van der Waals surface area contributed by atoms with Gasteiger partial charge in [-0.05, 0) is 0 Å². The van der Waals surface area contributed by atoms with Crippen molar-refractivity contribution in [3.05, 3.63) is 0 Å². The van der Waals surface area contributed by atoms with Gasteiger partial charge in [-0.3, -0.25) is 0 Å². The SMILES string of the molecule is CNC1=N[N]CC1. The summed E-state index contributed by atoms with van der Waals surface area (Å²) in [6.07, 6.45) is 0.983. The van der Waals surface area contributed by atoms with Crippen LogP contribution in [0.25, 0.3) is 0 Å². The Balaban J connectivity index is 2.36. The van der Waals surface area contributed by atoms with Crippen LogP contribution in [0.5, 0.6) is 0 Å². The number of nitrogens with zero attached hydrogens (tertiary/aromatic N) is 2. The van der Waals surface area contributed by atoms with Crippen LogP contribution in [0.1, 0.15) is 6.42 Å². The van der Waals surface area contributed by atoms with Crippen molar-refractivity contribution in [1.82, 2.24) is 10.7 Å². The lowest BCUT2D eigenvalue weighted by Crippen LogP contribution is -2.14. The van der Waals surface area contributed by atoms with Gasteiger partial charge < -0.3 is 5.32 Å². The fourth-order valence-electron chi connectivity index (χ4n) is 0.516. The molecule has 1 radical (unpaired) electrons. The van der Waals surface area contributed by atoms with Crippen LogP contribution in [0.3, 0.4) is 0 Å². The molecule has 0 aliphatic carbocycles. The lowest BCUT2D eigenvalue weighted by atomic mass is 10.4. The first kappa shape index (κ1) is 4.43. The van der Waals surface area contributed by atoms with Gasteiger partial charge in [0, 0.05) is 13.5 Å². The molecular formula is C4H8N3. The van der Waals surface area contributed by atoms with Gasteiger partial charge in [0.15, 0.2) is 0 Å². The van der Waals surface area contributed by atoms with E-state index in [1.54, 1.807) is 0 Å². The topological polar surface area (TPSA) is 38.5 Å². The molecule has 1 N–H and O–H groups in total. The second-order valence-electron chi connectivity index (χ2n) is 1.41. The summed E-state index contributed by atoms with van der Waals surface area (Å²) in [6, 6.07) is 0. The van der Waals surface area contributed by atoms with E-state index in [0.717, 1.165) is 18.8 Å². The third kappa shape index (κ3) is 0.824. The highest BCUT2D eigenvalue weighted by Crippen LogP contribution is 1.88. The zero-order valence-electron chi connectivity index (χ0n) is 4.31. The lowest BCUT2D eigenvalue weighted by molar-refractivity contribution is 0.795. The Morgan fingerprint density at radius 3 is 2.86 bits per heavy atom. The Morgan fingerprint density at radius 2 is 2.57 bits per heavy atom. The summed E-state index contributed by atoms with van der Waals surface area (Å²) >= 11 is 0. The second kappa shape index (κ2) is 1.82. The van der Waals surface area contributed by atoms with Crippen molar-refractivity contribution in [1.29, 1.82) is 0 Å². The highest BCUT2D eigenvalue weighted by atomic mass is 15.3. The van der Waals surface area contributed by atoms with Gasteiger partial charge in [-0.25, -0.2) is 0 Å². The standard InChI is InChI=1S/C4H8N3/c1-5-4-2-3-6-7-4/h2-3H2,1H3,(H,5,7). The van der Waals surface area contributed by atoms with Gasteiger partial charge in [-0.1, -0.05) is 0 Å². The quantitative estimate of drug-likeness (QED) is 0.437. The van der Waals surface area contributed by atoms with Crippen LogP contribution in [0.15, 0.2) is 5.10 Å². The minimum absolute atomic E-state index is 0.857. The second-order valence-corrected chi connectivity index (χ2v) is 1.41. The van der Waals surface area contributed by atoms with E-state index in [0.29, 0.717) is 0 Å². The fourth-order valence-corrected chi connectivity index (χ4v) is 0.516. The number of hydrogen-bond donors (Lipinski definition) is 1. The van der Waals surface area contributed by atoms with E-state index >= 15 is 0 Å². The van der Waals surface area contributed by atoms with Gasteiger partial charge in [0.25, 0.3) is 0 Å². The number of amidine groups is 1. The molecule has 0 fully saturated rings. The van der Waals surface area contributed by atoms with Crippen molar-refractivity contribution < 1.29 is 0 Å². The van der Waals surface area contributed by atoms with Crippen LogP contribution >= 0.6 is 0 Å². The van der Waals surface area contributed by atoms with E-state index in [1.807, 2.05) is 7.05 Å².